The van der Waals surface area contributed by atoms with Crippen molar-refractivity contribution in [2.24, 2.45) is 0 Å². The summed E-state index contributed by atoms with van der Waals surface area (Å²) in [6, 6.07) is 14.8. The van der Waals surface area contributed by atoms with Crippen LogP contribution in [0.5, 0.6) is 5.75 Å². The molecule has 0 spiro atoms. The van der Waals surface area contributed by atoms with Crippen molar-refractivity contribution in [3.05, 3.63) is 71.0 Å². The molecular weight excluding hydrogens is 427 g/mol. The largest absolute Gasteiger partial charge is 0.496 e. The second kappa shape index (κ2) is 10.2. The maximum Gasteiger partial charge on any atom is 0.273 e. The summed E-state index contributed by atoms with van der Waals surface area (Å²) < 4.78 is 18.5. The van der Waals surface area contributed by atoms with Crippen LogP contribution in [0.3, 0.4) is 0 Å². The molecule has 32 heavy (non-hydrogen) atoms. The van der Waals surface area contributed by atoms with Crippen molar-refractivity contribution >= 4 is 17.2 Å². The van der Waals surface area contributed by atoms with Gasteiger partial charge in [0.1, 0.15) is 22.3 Å². The minimum absolute atomic E-state index is 0.0795. The molecule has 0 bridgehead atoms. The van der Waals surface area contributed by atoms with Gasteiger partial charge in [-0.2, -0.15) is 0 Å². The zero-order valence-electron chi connectivity index (χ0n) is 18.2. The molecule has 8 heteroatoms. The molecule has 1 saturated heterocycles. The van der Waals surface area contributed by atoms with E-state index in [1.165, 1.54) is 23.5 Å². The highest BCUT2D eigenvalue weighted by Crippen LogP contribution is 2.32. The number of ether oxygens (including phenoxy) is 1. The van der Waals surface area contributed by atoms with Crippen LogP contribution in [0.4, 0.5) is 4.39 Å². The van der Waals surface area contributed by atoms with Gasteiger partial charge in [0.05, 0.1) is 12.7 Å². The van der Waals surface area contributed by atoms with Gasteiger partial charge in [-0.05, 0) is 49.1 Å². The number of hydrazine groups is 1. The first-order chi connectivity index (χ1) is 15.5. The highest BCUT2D eigenvalue weighted by molar-refractivity contribution is 7.13. The highest BCUT2D eigenvalue weighted by Gasteiger charge is 2.25. The lowest BCUT2D eigenvalue weighted by molar-refractivity contribution is 0.0787. The van der Waals surface area contributed by atoms with E-state index in [2.05, 4.69) is 15.8 Å². The summed E-state index contributed by atoms with van der Waals surface area (Å²) in [6.07, 6.45) is 2.74. The van der Waals surface area contributed by atoms with Gasteiger partial charge in [0.2, 0.25) is 0 Å². The lowest BCUT2D eigenvalue weighted by Gasteiger charge is -2.17. The monoisotopic (exact) mass is 454 g/mol. The van der Waals surface area contributed by atoms with Crippen LogP contribution in [0.15, 0.2) is 53.9 Å². The fourth-order valence-corrected chi connectivity index (χ4v) is 4.74. The van der Waals surface area contributed by atoms with E-state index < -0.39 is 0 Å². The van der Waals surface area contributed by atoms with E-state index in [1.54, 1.807) is 17.4 Å². The molecule has 2 heterocycles. The minimum Gasteiger partial charge on any atom is -0.496 e. The smallest absolute Gasteiger partial charge is 0.273 e. The number of rotatable bonds is 8. The molecule has 168 valence electrons. The highest BCUT2D eigenvalue weighted by atomic mass is 32.1. The van der Waals surface area contributed by atoms with Crippen molar-refractivity contribution in [3.8, 4) is 16.3 Å². The van der Waals surface area contributed by atoms with E-state index in [4.69, 9.17) is 4.74 Å². The fourth-order valence-electron chi connectivity index (χ4n) is 3.91. The molecule has 0 aliphatic carbocycles. The Kier molecular flexibility index (Phi) is 7.14. The molecule has 2 aromatic carbocycles. The van der Waals surface area contributed by atoms with Crippen LogP contribution in [0.25, 0.3) is 10.6 Å². The third-order valence-corrected chi connectivity index (χ3v) is 6.58. The molecule has 2 atom stereocenters. The van der Waals surface area contributed by atoms with Crippen molar-refractivity contribution in [2.45, 2.75) is 31.3 Å². The second-order valence-electron chi connectivity index (χ2n) is 7.93. The lowest BCUT2D eigenvalue weighted by Crippen LogP contribution is -2.32. The molecule has 0 radical (unpaired) electrons. The summed E-state index contributed by atoms with van der Waals surface area (Å²) in [7, 11) is 3.44. The number of amides is 1. The Hall–Kier alpha value is -2.81. The maximum atomic E-state index is 13.1. The molecular formula is C24H27FN4O2S. The van der Waals surface area contributed by atoms with Gasteiger partial charge in [0.25, 0.3) is 5.91 Å². The number of nitrogens with zero attached hydrogens (tertiary/aromatic N) is 2. The topological polar surface area (TPSA) is 66.5 Å². The molecule has 1 fully saturated rings. The van der Waals surface area contributed by atoms with Gasteiger partial charge < -0.3 is 9.64 Å². The van der Waals surface area contributed by atoms with Gasteiger partial charge in [-0.1, -0.05) is 24.3 Å². The molecule has 1 aliphatic rings. The van der Waals surface area contributed by atoms with Crippen LogP contribution >= 0.6 is 11.3 Å². The van der Waals surface area contributed by atoms with Crippen molar-refractivity contribution in [1.29, 1.82) is 0 Å². The van der Waals surface area contributed by atoms with Gasteiger partial charge in [0.15, 0.2) is 0 Å². The fraction of sp³-hybridized carbons (Fsp3) is 0.333. The second-order valence-corrected chi connectivity index (χ2v) is 8.79. The molecule has 1 aromatic heterocycles. The predicted molar refractivity (Wildman–Crippen MR) is 124 cm³/mol. The van der Waals surface area contributed by atoms with Crippen LogP contribution in [0.2, 0.25) is 0 Å². The average Bonchev–Trinajstić information content (AvgIpc) is 3.49. The van der Waals surface area contributed by atoms with Gasteiger partial charge in [-0.25, -0.2) is 9.37 Å². The first-order valence-electron chi connectivity index (χ1n) is 10.7. The van der Waals surface area contributed by atoms with E-state index in [0.29, 0.717) is 18.3 Å². The number of carbonyl (C=O) groups excluding carboxylic acids is 1. The van der Waals surface area contributed by atoms with E-state index in [9.17, 15) is 9.18 Å². The van der Waals surface area contributed by atoms with E-state index >= 15 is 0 Å². The number of nitrogens with one attached hydrogen (secondary N) is 2. The number of thiazole rings is 1. The first-order valence-corrected chi connectivity index (χ1v) is 11.5. The Labute approximate surface area is 191 Å². The SMILES string of the molecule is COc1ccccc1-c1nc(C(=O)N(C)CCCC2CC(c3ccc(F)cc3)NN2)cs1. The number of hydrogen-bond acceptors (Lipinski definition) is 6. The standard InChI is InChI=1S/C24H27FN4O2S/c1-29(13-5-6-18-14-20(28-27-18)16-9-11-17(25)12-10-16)24(30)21-15-32-23(26-21)19-7-3-4-8-22(19)31-2/h3-4,7-12,15,18,20,27-28H,5-6,13-14H2,1-2H3. The maximum absolute atomic E-state index is 13.1. The van der Waals surface area contributed by atoms with Crippen molar-refractivity contribution < 1.29 is 13.9 Å². The Bertz CT molecular complexity index is 1060. The Balaban J connectivity index is 1.27. The lowest BCUT2D eigenvalue weighted by atomic mass is 9.99. The zero-order valence-corrected chi connectivity index (χ0v) is 19.0. The molecule has 3 aromatic rings. The number of aromatic nitrogens is 1. The third kappa shape index (κ3) is 5.15. The molecule has 2 N–H and O–H groups in total. The predicted octanol–water partition coefficient (Wildman–Crippen LogP) is 4.42. The van der Waals surface area contributed by atoms with Gasteiger partial charge in [0, 0.05) is 31.1 Å². The first kappa shape index (κ1) is 22.4. The van der Waals surface area contributed by atoms with Crippen LogP contribution in [-0.2, 0) is 0 Å². The summed E-state index contributed by atoms with van der Waals surface area (Å²) in [4.78, 5) is 19.1. The van der Waals surface area contributed by atoms with Gasteiger partial charge in [-0.15, -0.1) is 11.3 Å². The van der Waals surface area contributed by atoms with Crippen LogP contribution < -0.4 is 15.6 Å². The van der Waals surface area contributed by atoms with E-state index in [0.717, 1.165) is 41.1 Å². The van der Waals surface area contributed by atoms with Crippen LogP contribution in [0.1, 0.15) is 41.4 Å². The quantitative estimate of drug-likeness (QED) is 0.528. The summed E-state index contributed by atoms with van der Waals surface area (Å²) in [5, 5.41) is 2.57. The summed E-state index contributed by atoms with van der Waals surface area (Å²) in [5.74, 6) is 0.439. The van der Waals surface area contributed by atoms with Crippen molar-refractivity contribution in [1.82, 2.24) is 20.7 Å². The Morgan fingerprint density at radius 1 is 1.22 bits per heavy atom. The molecule has 6 nitrogen and oxygen atoms in total. The number of hydrogen-bond donors (Lipinski definition) is 2. The molecule has 0 saturated carbocycles. The van der Waals surface area contributed by atoms with Crippen LogP contribution in [-0.4, -0.2) is 42.5 Å². The number of benzene rings is 2. The molecule has 1 aliphatic heterocycles. The number of carbonyl (C=O) groups is 1. The zero-order chi connectivity index (χ0) is 22.5. The summed E-state index contributed by atoms with van der Waals surface area (Å²) >= 11 is 1.44. The molecule has 4 rings (SSSR count). The molecule has 1 amide bonds. The van der Waals surface area contributed by atoms with Crippen molar-refractivity contribution in [2.75, 3.05) is 20.7 Å². The third-order valence-electron chi connectivity index (χ3n) is 5.71. The number of para-hydroxylation sites is 1. The van der Waals surface area contributed by atoms with Crippen LogP contribution in [0, 0.1) is 5.82 Å². The minimum atomic E-state index is -0.223. The van der Waals surface area contributed by atoms with Crippen molar-refractivity contribution in [3.63, 3.8) is 0 Å². The van der Waals surface area contributed by atoms with Gasteiger partial charge in [-0.3, -0.25) is 15.6 Å². The normalized spacial score (nSPS) is 18.0. The average molecular weight is 455 g/mol. The molecule has 2 unspecified atom stereocenters. The Morgan fingerprint density at radius 2 is 2.00 bits per heavy atom. The number of halogens is 1. The Morgan fingerprint density at radius 3 is 2.78 bits per heavy atom. The van der Waals surface area contributed by atoms with E-state index in [-0.39, 0.29) is 17.8 Å². The summed E-state index contributed by atoms with van der Waals surface area (Å²) in [6.45, 7) is 0.653. The summed E-state index contributed by atoms with van der Waals surface area (Å²) in [5.41, 5.74) is 9.01. The number of methoxy groups -OCH3 is 1. The van der Waals surface area contributed by atoms with E-state index in [1.807, 2.05) is 43.4 Å². The van der Waals surface area contributed by atoms with Gasteiger partial charge >= 0.3 is 0 Å².